The summed E-state index contributed by atoms with van der Waals surface area (Å²) in [5.41, 5.74) is 2.59. The van der Waals surface area contributed by atoms with Crippen LogP contribution in [-0.2, 0) is 26.2 Å². The van der Waals surface area contributed by atoms with Gasteiger partial charge in [-0.15, -0.1) is 0 Å². The lowest BCUT2D eigenvalue weighted by Gasteiger charge is -2.07. The molecule has 4 heteroatoms. The fraction of sp³-hybridized carbons (Fsp3) is 0.379. The van der Waals surface area contributed by atoms with Crippen LogP contribution in [0.3, 0.4) is 0 Å². The molecule has 0 amide bonds. The van der Waals surface area contributed by atoms with E-state index in [1.165, 1.54) is 48.5 Å². The minimum absolute atomic E-state index is 1.00. The number of imidazole rings is 2. The molecule has 2 aromatic heterocycles. The van der Waals surface area contributed by atoms with Crippen molar-refractivity contribution in [2.75, 3.05) is 0 Å². The normalized spacial score (nSPS) is 11.2. The van der Waals surface area contributed by atoms with Crippen molar-refractivity contribution < 1.29 is 9.13 Å². The van der Waals surface area contributed by atoms with Crippen LogP contribution >= 0.6 is 0 Å². The molecule has 0 fully saturated rings. The molecule has 0 saturated heterocycles. The number of hydrogen-bond donors (Lipinski definition) is 0. The van der Waals surface area contributed by atoms with E-state index in [1.807, 2.05) is 0 Å². The Hall–Kier alpha value is -3.14. The first-order chi connectivity index (χ1) is 16.3. The van der Waals surface area contributed by atoms with Gasteiger partial charge in [-0.2, -0.15) is 0 Å². The molecular formula is C29H38N4+2. The zero-order valence-corrected chi connectivity index (χ0v) is 20.2. The molecule has 0 unspecified atom stereocenters. The summed E-state index contributed by atoms with van der Waals surface area (Å²) in [5.74, 6) is 2.63. The lowest BCUT2D eigenvalue weighted by molar-refractivity contribution is -0.715. The van der Waals surface area contributed by atoms with Crippen LogP contribution in [0, 0.1) is 0 Å². The van der Waals surface area contributed by atoms with Crippen molar-refractivity contribution >= 4 is 0 Å². The fourth-order valence-electron chi connectivity index (χ4n) is 4.56. The number of rotatable bonds is 12. The summed E-state index contributed by atoms with van der Waals surface area (Å²) in [6.45, 7) is 8.67. The largest absolute Gasteiger partial charge is 0.288 e. The predicted octanol–water partition coefficient (Wildman–Crippen LogP) is 5.89. The molecule has 2 heterocycles. The third-order valence-electron chi connectivity index (χ3n) is 6.31. The van der Waals surface area contributed by atoms with Gasteiger partial charge in [0.25, 0.3) is 11.6 Å². The van der Waals surface area contributed by atoms with E-state index < -0.39 is 0 Å². The van der Waals surface area contributed by atoms with Crippen LogP contribution in [-0.4, -0.2) is 9.13 Å². The predicted molar refractivity (Wildman–Crippen MR) is 135 cm³/mol. The van der Waals surface area contributed by atoms with E-state index in [-0.39, 0.29) is 0 Å². The highest BCUT2D eigenvalue weighted by Gasteiger charge is 2.21. The summed E-state index contributed by atoms with van der Waals surface area (Å²) in [7, 11) is 0. The highest BCUT2D eigenvalue weighted by molar-refractivity contribution is 5.53. The van der Waals surface area contributed by atoms with Crippen molar-refractivity contribution in [3.05, 3.63) is 85.5 Å². The van der Waals surface area contributed by atoms with Crippen LogP contribution in [0.2, 0.25) is 0 Å². The van der Waals surface area contributed by atoms with Gasteiger partial charge in [-0.3, -0.25) is 0 Å². The quantitative estimate of drug-likeness (QED) is 0.244. The van der Waals surface area contributed by atoms with Gasteiger partial charge < -0.3 is 0 Å². The van der Waals surface area contributed by atoms with Gasteiger partial charge >= 0.3 is 0 Å². The van der Waals surface area contributed by atoms with E-state index >= 15 is 0 Å². The van der Waals surface area contributed by atoms with Gasteiger partial charge in [0.15, 0.2) is 0 Å². The van der Waals surface area contributed by atoms with Crippen molar-refractivity contribution in [3.8, 4) is 22.8 Å². The molecule has 2 aromatic carbocycles. The van der Waals surface area contributed by atoms with Crippen LogP contribution in [0.15, 0.2) is 85.5 Å². The van der Waals surface area contributed by atoms with Gasteiger partial charge in [0, 0.05) is 6.42 Å². The Kier molecular flexibility index (Phi) is 8.13. The molecule has 0 spiro atoms. The minimum Gasteiger partial charge on any atom is -0.230 e. The highest BCUT2D eigenvalue weighted by atomic mass is 15.2. The Balaban J connectivity index is 1.53. The maximum atomic E-state index is 2.43. The molecular weight excluding hydrogens is 404 g/mol. The second-order valence-corrected chi connectivity index (χ2v) is 8.81. The van der Waals surface area contributed by atoms with E-state index in [0.29, 0.717) is 0 Å². The van der Waals surface area contributed by atoms with E-state index in [1.54, 1.807) is 0 Å². The fourth-order valence-corrected chi connectivity index (χ4v) is 4.56. The van der Waals surface area contributed by atoms with Crippen LogP contribution in [0.4, 0.5) is 0 Å². The molecule has 0 saturated carbocycles. The van der Waals surface area contributed by atoms with Crippen molar-refractivity contribution in [3.63, 3.8) is 0 Å². The molecule has 0 aliphatic heterocycles. The second kappa shape index (κ2) is 11.6. The van der Waals surface area contributed by atoms with Gasteiger partial charge in [-0.1, -0.05) is 63.1 Å². The smallest absolute Gasteiger partial charge is 0.230 e. The Morgan fingerprint density at radius 2 is 1.00 bits per heavy atom. The third kappa shape index (κ3) is 5.62. The van der Waals surface area contributed by atoms with Gasteiger partial charge in [0.2, 0.25) is 0 Å². The van der Waals surface area contributed by atoms with Crippen LogP contribution < -0.4 is 9.13 Å². The second-order valence-electron chi connectivity index (χ2n) is 8.81. The molecule has 0 radical (unpaired) electrons. The number of hydrogen-bond acceptors (Lipinski definition) is 0. The monoisotopic (exact) mass is 442 g/mol. The zero-order valence-electron chi connectivity index (χ0n) is 20.2. The number of benzene rings is 2. The van der Waals surface area contributed by atoms with Crippen LogP contribution in [0.5, 0.6) is 0 Å². The third-order valence-corrected chi connectivity index (χ3v) is 6.31. The van der Waals surface area contributed by atoms with Crippen molar-refractivity contribution in [2.24, 2.45) is 0 Å². The molecule has 0 atom stereocenters. The summed E-state index contributed by atoms with van der Waals surface area (Å²) in [6.07, 6.45) is 14.9. The van der Waals surface area contributed by atoms with Crippen LogP contribution in [0.1, 0.15) is 46.0 Å². The molecule has 0 N–H and O–H groups in total. The minimum atomic E-state index is 1.00. The lowest BCUT2D eigenvalue weighted by atomic mass is 10.2. The molecule has 4 aromatic rings. The topological polar surface area (TPSA) is 17.6 Å². The van der Waals surface area contributed by atoms with Gasteiger partial charge in [-0.05, 0) is 37.1 Å². The van der Waals surface area contributed by atoms with E-state index in [9.17, 15) is 0 Å². The highest BCUT2D eigenvalue weighted by Crippen LogP contribution is 2.18. The van der Waals surface area contributed by atoms with Gasteiger partial charge in [0.05, 0.1) is 37.3 Å². The van der Waals surface area contributed by atoms with Crippen molar-refractivity contribution in [1.82, 2.24) is 9.13 Å². The zero-order chi connectivity index (χ0) is 22.9. The molecule has 4 rings (SSSR count). The lowest BCUT2D eigenvalue weighted by Crippen LogP contribution is -2.40. The Morgan fingerprint density at radius 1 is 0.576 bits per heavy atom. The van der Waals surface area contributed by atoms with Gasteiger partial charge in [-0.25, -0.2) is 18.3 Å². The van der Waals surface area contributed by atoms with Crippen molar-refractivity contribution in [2.45, 2.75) is 72.1 Å². The van der Waals surface area contributed by atoms with Crippen LogP contribution in [0.25, 0.3) is 22.8 Å². The van der Waals surface area contributed by atoms with Gasteiger partial charge in [0.1, 0.15) is 24.8 Å². The van der Waals surface area contributed by atoms with E-state index in [0.717, 1.165) is 32.6 Å². The average molecular weight is 443 g/mol. The molecule has 0 aliphatic carbocycles. The molecule has 0 aliphatic rings. The number of aryl methyl sites for hydroxylation is 4. The van der Waals surface area contributed by atoms with Crippen molar-refractivity contribution in [1.29, 1.82) is 0 Å². The Labute approximate surface area is 198 Å². The number of nitrogens with zero attached hydrogens (tertiary/aromatic N) is 4. The summed E-state index contributed by atoms with van der Waals surface area (Å²) in [6, 6.07) is 21.6. The molecule has 0 bridgehead atoms. The van der Waals surface area contributed by atoms with E-state index in [2.05, 4.69) is 118 Å². The first-order valence-electron chi connectivity index (χ1n) is 12.6. The van der Waals surface area contributed by atoms with E-state index in [4.69, 9.17) is 0 Å². The number of unbranched alkanes of at least 4 members (excludes halogenated alkanes) is 2. The molecule has 33 heavy (non-hydrogen) atoms. The maximum Gasteiger partial charge on any atom is 0.288 e. The summed E-state index contributed by atoms with van der Waals surface area (Å²) in [4.78, 5) is 0. The maximum absolute atomic E-state index is 2.43. The SMILES string of the molecule is CCCCn1cc[n+](CCC[n+]2ccn(CCCC)c2-c2ccccc2)c1-c1ccccc1. The Bertz CT molecular complexity index is 1020. The first-order valence-corrected chi connectivity index (χ1v) is 12.6. The first kappa shape index (κ1) is 23.0. The number of aromatic nitrogens is 4. The summed E-state index contributed by atoms with van der Waals surface area (Å²) < 4.78 is 9.70. The standard InChI is InChI=1S/C29H38N4/c1-3-5-18-30-22-24-32(28(30)26-14-9-7-10-15-26)20-13-21-33-25-23-31(19-6-4-2)29(33)27-16-11-8-12-17-27/h7-12,14-17,22-25H,3-6,13,18-21H2,1-2H3/q+2. The molecule has 172 valence electrons. The summed E-state index contributed by atoms with van der Waals surface area (Å²) >= 11 is 0. The Morgan fingerprint density at radius 3 is 1.39 bits per heavy atom. The molecule has 4 nitrogen and oxygen atoms in total. The average Bonchev–Trinajstić information content (AvgIpc) is 3.46. The summed E-state index contributed by atoms with van der Waals surface area (Å²) in [5, 5.41) is 0.